The van der Waals surface area contributed by atoms with Crippen LogP contribution in [-0.2, 0) is 6.42 Å². The van der Waals surface area contributed by atoms with Gasteiger partial charge in [0.25, 0.3) is 0 Å². The summed E-state index contributed by atoms with van der Waals surface area (Å²) in [6.45, 7) is 4.43. The molecule has 116 valence electrons. The van der Waals surface area contributed by atoms with E-state index in [1.54, 1.807) is 11.3 Å². The van der Waals surface area contributed by atoms with Crippen LogP contribution in [0.15, 0.2) is 25.9 Å². The number of likely N-dealkylation sites (N-methyl/N-ethyl adjacent to an activating group) is 1. The lowest BCUT2D eigenvalue weighted by Gasteiger charge is -2.15. The van der Waals surface area contributed by atoms with Gasteiger partial charge < -0.3 is 5.32 Å². The Morgan fingerprint density at radius 2 is 2.05 bits per heavy atom. The molecule has 0 amide bonds. The Hall–Kier alpha value is -0.170. The minimum absolute atomic E-state index is 0.270. The molecule has 0 aliphatic carbocycles. The summed E-state index contributed by atoms with van der Waals surface area (Å²) in [6, 6.07) is 5.09. The first-order valence-corrected chi connectivity index (χ1v) is 9.65. The molecule has 0 aliphatic rings. The first kappa shape index (κ1) is 17.2. The molecule has 1 atom stereocenters. The summed E-state index contributed by atoms with van der Waals surface area (Å²) >= 11 is 8.90. The number of hydrogen-bond donors (Lipinski definition) is 1. The molecule has 1 unspecified atom stereocenters. The maximum Gasteiger partial charge on any atom is 0.0758 e. The van der Waals surface area contributed by atoms with E-state index in [0.29, 0.717) is 6.04 Å². The first-order chi connectivity index (χ1) is 10.1. The second-order valence-electron chi connectivity index (χ2n) is 5.08. The molecule has 2 aromatic heterocycles. The number of halogens is 2. The minimum atomic E-state index is 0.270. The Labute approximate surface area is 147 Å². The molecule has 2 aromatic rings. The molecule has 3 nitrogen and oxygen atoms in total. The normalized spacial score (nSPS) is 13.0. The minimum Gasteiger partial charge on any atom is -0.313 e. The molecule has 0 saturated heterocycles. The zero-order chi connectivity index (χ0) is 15.4. The fourth-order valence-corrected chi connectivity index (χ4v) is 5.49. The number of nitrogens with zero attached hydrogens (tertiary/aromatic N) is 2. The van der Waals surface area contributed by atoms with E-state index in [9.17, 15) is 0 Å². The molecule has 6 heteroatoms. The lowest BCUT2D eigenvalue weighted by Crippen LogP contribution is -2.19. The van der Waals surface area contributed by atoms with Crippen LogP contribution in [0.2, 0.25) is 0 Å². The van der Waals surface area contributed by atoms with E-state index in [-0.39, 0.29) is 6.04 Å². The summed E-state index contributed by atoms with van der Waals surface area (Å²) in [5, 5.41) is 8.15. The third kappa shape index (κ3) is 4.18. The molecule has 0 saturated carbocycles. The van der Waals surface area contributed by atoms with Crippen LogP contribution in [0.1, 0.15) is 50.0 Å². The van der Waals surface area contributed by atoms with Crippen molar-refractivity contribution >= 4 is 43.2 Å². The summed E-state index contributed by atoms with van der Waals surface area (Å²) in [6.07, 6.45) is 5.25. The van der Waals surface area contributed by atoms with Gasteiger partial charge in [-0.1, -0.05) is 13.8 Å². The van der Waals surface area contributed by atoms with Crippen molar-refractivity contribution in [3.8, 4) is 0 Å². The molecule has 2 heterocycles. The Bertz CT molecular complexity index is 575. The molecule has 0 fully saturated rings. The van der Waals surface area contributed by atoms with Crippen LogP contribution in [0.25, 0.3) is 0 Å². The van der Waals surface area contributed by atoms with Crippen LogP contribution in [0.4, 0.5) is 0 Å². The highest BCUT2D eigenvalue weighted by molar-refractivity contribution is 9.12. The van der Waals surface area contributed by atoms with Gasteiger partial charge in [-0.25, -0.2) is 0 Å². The van der Waals surface area contributed by atoms with Crippen molar-refractivity contribution in [2.24, 2.45) is 0 Å². The van der Waals surface area contributed by atoms with Crippen molar-refractivity contribution < 1.29 is 0 Å². The van der Waals surface area contributed by atoms with Gasteiger partial charge in [0.05, 0.1) is 19.3 Å². The third-order valence-electron chi connectivity index (χ3n) is 3.80. The van der Waals surface area contributed by atoms with E-state index in [4.69, 9.17) is 5.10 Å². The lowest BCUT2D eigenvalue weighted by atomic mass is 10.1. The van der Waals surface area contributed by atoms with Crippen molar-refractivity contribution in [2.75, 3.05) is 7.05 Å². The fourth-order valence-electron chi connectivity index (χ4n) is 2.52. The Morgan fingerprint density at radius 3 is 2.57 bits per heavy atom. The highest BCUT2D eigenvalue weighted by Crippen LogP contribution is 2.36. The van der Waals surface area contributed by atoms with Gasteiger partial charge in [-0.3, -0.25) is 4.68 Å². The van der Waals surface area contributed by atoms with Gasteiger partial charge in [-0.2, -0.15) is 5.10 Å². The van der Waals surface area contributed by atoms with Crippen LogP contribution < -0.4 is 5.32 Å². The van der Waals surface area contributed by atoms with Gasteiger partial charge in [0.15, 0.2) is 0 Å². The second-order valence-corrected chi connectivity index (χ2v) is 8.83. The van der Waals surface area contributed by atoms with Crippen LogP contribution in [-0.4, -0.2) is 16.8 Å². The Morgan fingerprint density at radius 1 is 1.33 bits per heavy atom. The molecule has 0 radical (unpaired) electrons. The van der Waals surface area contributed by atoms with Gasteiger partial charge in [0.1, 0.15) is 0 Å². The van der Waals surface area contributed by atoms with Crippen LogP contribution in [0.5, 0.6) is 0 Å². The summed E-state index contributed by atoms with van der Waals surface area (Å²) in [4.78, 5) is 0. The van der Waals surface area contributed by atoms with Crippen LogP contribution in [0, 0.1) is 0 Å². The molecule has 2 rings (SSSR count). The average Bonchev–Trinajstić information content (AvgIpc) is 3.04. The lowest BCUT2D eigenvalue weighted by molar-refractivity contribution is 0.423. The standard InChI is InChI=1S/C15H21Br2N3S/c1-4-11(5-2)20-7-6-10(19-20)8-13(18-3)12-9-14(16)21-15(12)17/h6-7,9,11,13,18H,4-5,8H2,1-3H3. The van der Waals surface area contributed by atoms with Gasteiger partial charge >= 0.3 is 0 Å². The van der Waals surface area contributed by atoms with Crippen molar-refractivity contribution in [2.45, 2.75) is 45.2 Å². The summed E-state index contributed by atoms with van der Waals surface area (Å²) in [7, 11) is 2.00. The maximum atomic E-state index is 4.76. The van der Waals surface area contributed by atoms with Gasteiger partial charge in [0.2, 0.25) is 0 Å². The van der Waals surface area contributed by atoms with Gasteiger partial charge in [-0.15, -0.1) is 11.3 Å². The monoisotopic (exact) mass is 433 g/mol. The zero-order valence-electron chi connectivity index (χ0n) is 12.6. The van der Waals surface area contributed by atoms with E-state index in [1.165, 1.54) is 9.35 Å². The van der Waals surface area contributed by atoms with Crippen molar-refractivity contribution in [1.82, 2.24) is 15.1 Å². The van der Waals surface area contributed by atoms with E-state index in [2.05, 4.69) is 74.0 Å². The largest absolute Gasteiger partial charge is 0.313 e. The molecule has 0 bridgehead atoms. The van der Waals surface area contributed by atoms with E-state index in [1.807, 2.05) is 7.05 Å². The van der Waals surface area contributed by atoms with Crippen molar-refractivity contribution in [3.63, 3.8) is 0 Å². The fraction of sp³-hybridized carbons (Fsp3) is 0.533. The average molecular weight is 435 g/mol. The number of nitrogens with one attached hydrogen (secondary N) is 1. The van der Waals surface area contributed by atoms with E-state index >= 15 is 0 Å². The summed E-state index contributed by atoms with van der Waals surface area (Å²) < 4.78 is 4.43. The number of rotatable bonds is 7. The maximum absolute atomic E-state index is 4.76. The Balaban J connectivity index is 2.14. The van der Waals surface area contributed by atoms with Crippen molar-refractivity contribution in [3.05, 3.63) is 37.2 Å². The summed E-state index contributed by atoms with van der Waals surface area (Å²) in [5.74, 6) is 0. The second kappa shape index (κ2) is 7.90. The first-order valence-electron chi connectivity index (χ1n) is 7.25. The highest BCUT2D eigenvalue weighted by Gasteiger charge is 2.18. The third-order valence-corrected chi connectivity index (χ3v) is 6.19. The van der Waals surface area contributed by atoms with Crippen LogP contribution >= 0.6 is 43.2 Å². The van der Waals surface area contributed by atoms with Crippen LogP contribution in [0.3, 0.4) is 0 Å². The van der Waals surface area contributed by atoms with Gasteiger partial charge in [0, 0.05) is 18.7 Å². The SMILES string of the molecule is CCC(CC)n1ccc(CC(NC)c2cc(Br)sc2Br)n1. The predicted molar refractivity (Wildman–Crippen MR) is 97.1 cm³/mol. The zero-order valence-corrected chi connectivity index (χ0v) is 16.6. The van der Waals surface area contributed by atoms with E-state index < -0.39 is 0 Å². The molecule has 1 N–H and O–H groups in total. The molecule has 0 aromatic carbocycles. The summed E-state index contributed by atoms with van der Waals surface area (Å²) in [5.41, 5.74) is 2.42. The quantitative estimate of drug-likeness (QED) is 0.637. The Kier molecular flexibility index (Phi) is 6.47. The number of thiophene rings is 1. The van der Waals surface area contributed by atoms with Gasteiger partial charge in [-0.05, 0) is 69.4 Å². The van der Waals surface area contributed by atoms with Crippen molar-refractivity contribution in [1.29, 1.82) is 0 Å². The number of aromatic nitrogens is 2. The molecule has 0 spiro atoms. The molecule has 21 heavy (non-hydrogen) atoms. The number of hydrogen-bond acceptors (Lipinski definition) is 3. The van der Waals surface area contributed by atoms with E-state index in [0.717, 1.165) is 28.7 Å². The topological polar surface area (TPSA) is 29.9 Å². The molecular weight excluding hydrogens is 414 g/mol. The molecule has 0 aliphatic heterocycles. The smallest absolute Gasteiger partial charge is 0.0758 e. The predicted octanol–water partition coefficient (Wildman–Crippen LogP) is 5.33. The highest BCUT2D eigenvalue weighted by atomic mass is 79.9. The molecular formula is C15H21Br2N3S.